The van der Waals surface area contributed by atoms with E-state index in [0.29, 0.717) is 18.9 Å². The van der Waals surface area contributed by atoms with E-state index in [4.69, 9.17) is 4.74 Å². The van der Waals surface area contributed by atoms with Gasteiger partial charge in [0.1, 0.15) is 17.5 Å². The Kier molecular flexibility index (Phi) is 6.31. The molecule has 1 saturated heterocycles. The SMILES string of the molecule is CC(C)(C)OC(=O)N[C@H](Cc1ccc(F)cc1)C(=O)N1CC[C@H](c2ccnc3nccn23)C1. The van der Waals surface area contributed by atoms with Crippen molar-refractivity contribution in [1.82, 2.24) is 24.6 Å². The lowest BCUT2D eigenvalue weighted by atomic mass is 10.0. The number of nitrogens with zero attached hydrogens (tertiary/aromatic N) is 4. The lowest BCUT2D eigenvalue weighted by Crippen LogP contribution is -2.50. The summed E-state index contributed by atoms with van der Waals surface area (Å²) >= 11 is 0. The van der Waals surface area contributed by atoms with Crippen LogP contribution in [0.25, 0.3) is 5.78 Å². The molecule has 0 saturated carbocycles. The van der Waals surface area contributed by atoms with Crippen LogP contribution >= 0.6 is 0 Å². The molecule has 1 aliphatic heterocycles. The van der Waals surface area contributed by atoms with Crippen LogP contribution in [-0.2, 0) is 16.0 Å². The second kappa shape index (κ2) is 9.17. The number of imidazole rings is 1. The number of hydrogen-bond donors (Lipinski definition) is 1. The fourth-order valence-electron chi connectivity index (χ4n) is 4.11. The third-order valence-corrected chi connectivity index (χ3v) is 5.60. The van der Waals surface area contributed by atoms with Crippen molar-refractivity contribution in [3.8, 4) is 0 Å². The van der Waals surface area contributed by atoms with E-state index in [1.807, 2.05) is 16.7 Å². The summed E-state index contributed by atoms with van der Waals surface area (Å²) in [5.74, 6) is 0.204. The van der Waals surface area contributed by atoms with Gasteiger partial charge in [0.25, 0.3) is 0 Å². The molecule has 2 aromatic heterocycles. The van der Waals surface area contributed by atoms with Gasteiger partial charge in [-0.3, -0.25) is 9.20 Å². The molecule has 9 heteroatoms. The molecule has 33 heavy (non-hydrogen) atoms. The first-order valence-corrected chi connectivity index (χ1v) is 11.0. The Morgan fingerprint density at radius 3 is 2.64 bits per heavy atom. The number of halogens is 1. The maximum atomic E-state index is 13.5. The number of nitrogens with one attached hydrogen (secondary N) is 1. The second-order valence-corrected chi connectivity index (χ2v) is 9.27. The van der Waals surface area contributed by atoms with Crippen molar-refractivity contribution in [1.29, 1.82) is 0 Å². The summed E-state index contributed by atoms with van der Waals surface area (Å²) in [5, 5.41) is 2.72. The second-order valence-electron chi connectivity index (χ2n) is 9.27. The Morgan fingerprint density at radius 2 is 1.91 bits per heavy atom. The minimum atomic E-state index is -0.824. The zero-order chi connectivity index (χ0) is 23.6. The van der Waals surface area contributed by atoms with Gasteiger partial charge in [-0.2, -0.15) is 0 Å². The van der Waals surface area contributed by atoms with Crippen LogP contribution in [0.3, 0.4) is 0 Å². The molecule has 0 radical (unpaired) electrons. The van der Waals surface area contributed by atoms with Crippen molar-refractivity contribution in [3.63, 3.8) is 0 Å². The number of hydrogen-bond acceptors (Lipinski definition) is 5. The molecule has 1 aliphatic rings. The number of likely N-dealkylation sites (tertiary alicyclic amines) is 1. The average molecular weight is 454 g/mol. The van der Waals surface area contributed by atoms with Crippen LogP contribution in [-0.4, -0.2) is 56.0 Å². The minimum Gasteiger partial charge on any atom is -0.444 e. The molecule has 1 aromatic carbocycles. The van der Waals surface area contributed by atoms with Crippen LogP contribution in [0.4, 0.5) is 9.18 Å². The van der Waals surface area contributed by atoms with Crippen molar-refractivity contribution in [2.75, 3.05) is 13.1 Å². The summed E-state index contributed by atoms with van der Waals surface area (Å²) in [6.07, 6.45) is 5.66. The van der Waals surface area contributed by atoms with Gasteiger partial charge in [0, 0.05) is 49.7 Å². The Balaban J connectivity index is 1.50. The maximum absolute atomic E-state index is 13.5. The molecule has 3 heterocycles. The first kappa shape index (κ1) is 22.7. The lowest BCUT2D eigenvalue weighted by Gasteiger charge is -2.26. The molecule has 0 aliphatic carbocycles. The minimum absolute atomic E-state index is 0.127. The van der Waals surface area contributed by atoms with Gasteiger partial charge in [0.2, 0.25) is 11.7 Å². The number of alkyl carbamates (subject to hydrolysis) is 1. The molecular formula is C24H28FN5O3. The Bertz CT molecular complexity index is 1140. The molecule has 0 spiro atoms. The summed E-state index contributed by atoms with van der Waals surface area (Å²) < 4.78 is 20.6. The summed E-state index contributed by atoms with van der Waals surface area (Å²) in [6, 6.07) is 7.04. The van der Waals surface area contributed by atoms with Gasteiger partial charge in [-0.1, -0.05) is 12.1 Å². The number of aromatic nitrogens is 3. The number of benzene rings is 1. The molecule has 1 fully saturated rings. The Labute approximate surface area is 191 Å². The summed E-state index contributed by atoms with van der Waals surface area (Å²) in [7, 11) is 0. The predicted molar refractivity (Wildman–Crippen MR) is 120 cm³/mol. The van der Waals surface area contributed by atoms with Crippen LogP contribution < -0.4 is 5.32 Å². The number of amides is 2. The van der Waals surface area contributed by atoms with Crippen molar-refractivity contribution in [2.45, 2.75) is 51.2 Å². The number of rotatable bonds is 5. The molecule has 2 atom stereocenters. The number of ether oxygens (including phenoxy) is 1. The van der Waals surface area contributed by atoms with E-state index in [2.05, 4.69) is 15.3 Å². The molecule has 0 bridgehead atoms. The van der Waals surface area contributed by atoms with E-state index < -0.39 is 17.7 Å². The van der Waals surface area contributed by atoms with Crippen molar-refractivity contribution in [3.05, 3.63) is 66.0 Å². The van der Waals surface area contributed by atoms with Crippen LogP contribution in [0.2, 0.25) is 0 Å². The van der Waals surface area contributed by atoms with E-state index in [1.54, 1.807) is 50.2 Å². The highest BCUT2D eigenvalue weighted by Gasteiger charge is 2.34. The zero-order valence-electron chi connectivity index (χ0n) is 19.0. The standard InChI is InChI=1S/C24H28FN5O3/c1-24(2,3)33-23(32)28-19(14-16-4-6-18(25)7-5-16)21(31)29-12-9-17(15-29)20-8-10-26-22-27-11-13-30(20)22/h4-8,10-11,13,17,19H,9,12,14-15H2,1-3H3,(H,28,32)/t17-,19+/m0/s1. The number of fused-ring (bicyclic) bond motifs is 1. The van der Waals surface area contributed by atoms with Crippen molar-refractivity contribution < 1.29 is 18.7 Å². The molecule has 2 amide bonds. The van der Waals surface area contributed by atoms with Crippen LogP contribution in [0.1, 0.15) is 44.4 Å². The quantitative estimate of drug-likeness (QED) is 0.640. The van der Waals surface area contributed by atoms with Gasteiger partial charge in [-0.25, -0.2) is 19.2 Å². The van der Waals surface area contributed by atoms with Crippen LogP contribution in [0, 0.1) is 5.82 Å². The molecule has 8 nitrogen and oxygen atoms in total. The van der Waals surface area contributed by atoms with Gasteiger partial charge in [0.15, 0.2) is 0 Å². The smallest absolute Gasteiger partial charge is 0.408 e. The predicted octanol–water partition coefficient (Wildman–Crippen LogP) is 3.32. The molecule has 4 rings (SSSR count). The van der Waals surface area contributed by atoms with Gasteiger partial charge < -0.3 is 15.0 Å². The van der Waals surface area contributed by atoms with Gasteiger partial charge in [-0.15, -0.1) is 0 Å². The number of carbonyl (C=O) groups is 2. The fraction of sp³-hybridized carbons (Fsp3) is 0.417. The first-order valence-electron chi connectivity index (χ1n) is 11.0. The van der Waals surface area contributed by atoms with Gasteiger partial charge in [-0.05, 0) is 51.0 Å². The summed E-state index contributed by atoms with van der Waals surface area (Å²) in [5.41, 5.74) is 1.10. The molecule has 3 aromatic rings. The number of carbonyl (C=O) groups excluding carboxylic acids is 2. The monoisotopic (exact) mass is 453 g/mol. The van der Waals surface area contributed by atoms with E-state index in [1.165, 1.54) is 12.1 Å². The van der Waals surface area contributed by atoms with E-state index in [9.17, 15) is 14.0 Å². The zero-order valence-corrected chi connectivity index (χ0v) is 19.0. The molecular weight excluding hydrogens is 425 g/mol. The van der Waals surface area contributed by atoms with Crippen LogP contribution in [0.15, 0.2) is 48.9 Å². The van der Waals surface area contributed by atoms with Gasteiger partial charge >= 0.3 is 6.09 Å². The normalized spacial score (nSPS) is 17.2. The van der Waals surface area contributed by atoms with Crippen molar-refractivity contribution >= 4 is 17.8 Å². The van der Waals surface area contributed by atoms with Crippen molar-refractivity contribution in [2.24, 2.45) is 0 Å². The maximum Gasteiger partial charge on any atom is 0.408 e. The first-order chi connectivity index (χ1) is 15.7. The highest BCUT2D eigenvalue weighted by Crippen LogP contribution is 2.28. The third-order valence-electron chi connectivity index (χ3n) is 5.60. The topological polar surface area (TPSA) is 88.8 Å². The fourth-order valence-corrected chi connectivity index (χ4v) is 4.11. The highest BCUT2D eigenvalue weighted by molar-refractivity contribution is 5.86. The summed E-state index contributed by atoms with van der Waals surface area (Å²) in [4.78, 5) is 36.2. The molecule has 1 N–H and O–H groups in total. The molecule has 0 unspecified atom stereocenters. The van der Waals surface area contributed by atoms with E-state index in [-0.39, 0.29) is 24.1 Å². The van der Waals surface area contributed by atoms with Gasteiger partial charge in [0.05, 0.1) is 0 Å². The lowest BCUT2D eigenvalue weighted by molar-refractivity contribution is -0.132. The van der Waals surface area contributed by atoms with E-state index >= 15 is 0 Å². The Hall–Kier alpha value is -3.49. The van der Waals surface area contributed by atoms with Crippen LogP contribution in [0.5, 0.6) is 0 Å². The molecule has 174 valence electrons. The highest BCUT2D eigenvalue weighted by atomic mass is 19.1. The average Bonchev–Trinajstić information content (AvgIpc) is 3.42. The Morgan fingerprint density at radius 1 is 1.18 bits per heavy atom. The summed E-state index contributed by atoms with van der Waals surface area (Å²) in [6.45, 7) is 6.38. The third kappa shape index (κ3) is 5.47. The van der Waals surface area contributed by atoms with E-state index in [0.717, 1.165) is 17.7 Å². The largest absolute Gasteiger partial charge is 0.444 e.